The molecule has 0 aliphatic carbocycles. The van der Waals surface area contributed by atoms with E-state index in [0.717, 1.165) is 6.42 Å². The van der Waals surface area contributed by atoms with Gasteiger partial charge in [-0.2, -0.15) is 5.10 Å². The zero-order valence-corrected chi connectivity index (χ0v) is 17.4. The van der Waals surface area contributed by atoms with Crippen molar-refractivity contribution in [3.05, 3.63) is 70.5 Å². The summed E-state index contributed by atoms with van der Waals surface area (Å²) < 4.78 is 1.61. The maximum absolute atomic E-state index is 12.6. The van der Waals surface area contributed by atoms with E-state index in [2.05, 4.69) is 20.4 Å². The third kappa shape index (κ3) is 4.18. The average molecular weight is 425 g/mol. The number of hydrogen-bond acceptors (Lipinski definition) is 5. The summed E-state index contributed by atoms with van der Waals surface area (Å²) in [5, 5.41) is 7.48. The molecule has 1 aromatic carbocycles. The monoisotopic (exact) mass is 424 g/mol. The van der Waals surface area contributed by atoms with Gasteiger partial charge in [0, 0.05) is 49.2 Å². The van der Waals surface area contributed by atoms with Crippen molar-refractivity contribution in [2.75, 3.05) is 18.4 Å². The van der Waals surface area contributed by atoms with Crippen LogP contribution < -0.4 is 5.32 Å². The number of benzene rings is 1. The number of hydrogen-bond donors (Lipinski definition) is 1. The summed E-state index contributed by atoms with van der Waals surface area (Å²) in [7, 11) is 1.78. The van der Waals surface area contributed by atoms with Crippen molar-refractivity contribution in [2.24, 2.45) is 7.05 Å². The Balaban J connectivity index is 1.43. The maximum atomic E-state index is 12.6. The molecule has 154 valence electrons. The first-order valence-electron chi connectivity index (χ1n) is 9.59. The largest absolute Gasteiger partial charge is 0.338 e. The SMILES string of the molecule is Cc1nc([C@@H]2CCN(C(=O)c3cnn(C)c3)C2)ncc1C(=O)Nc1ccc(Cl)cc1. The summed E-state index contributed by atoms with van der Waals surface area (Å²) in [6, 6.07) is 6.89. The lowest BCUT2D eigenvalue weighted by Gasteiger charge is -2.15. The van der Waals surface area contributed by atoms with Crippen LogP contribution in [0.5, 0.6) is 0 Å². The Kier molecular flexibility index (Phi) is 5.50. The number of aryl methyl sites for hydroxylation is 2. The quantitative estimate of drug-likeness (QED) is 0.694. The molecule has 0 unspecified atom stereocenters. The van der Waals surface area contributed by atoms with Gasteiger partial charge in [0.2, 0.25) is 0 Å². The average Bonchev–Trinajstić information content (AvgIpc) is 3.38. The fourth-order valence-electron chi connectivity index (χ4n) is 3.51. The Morgan fingerprint density at radius 3 is 2.63 bits per heavy atom. The molecular weight excluding hydrogens is 404 g/mol. The molecule has 3 heterocycles. The highest BCUT2D eigenvalue weighted by molar-refractivity contribution is 6.30. The summed E-state index contributed by atoms with van der Waals surface area (Å²) in [6.45, 7) is 2.97. The molecule has 0 radical (unpaired) electrons. The first-order valence-corrected chi connectivity index (χ1v) is 9.97. The van der Waals surface area contributed by atoms with Crippen LogP contribution in [0.4, 0.5) is 5.69 Å². The second-order valence-corrected chi connectivity index (χ2v) is 7.76. The maximum Gasteiger partial charge on any atom is 0.259 e. The van der Waals surface area contributed by atoms with Crippen molar-refractivity contribution in [3.63, 3.8) is 0 Å². The van der Waals surface area contributed by atoms with E-state index in [9.17, 15) is 9.59 Å². The number of anilines is 1. The number of carbonyl (C=O) groups excluding carboxylic acids is 2. The number of nitrogens with zero attached hydrogens (tertiary/aromatic N) is 5. The highest BCUT2D eigenvalue weighted by atomic mass is 35.5. The van der Waals surface area contributed by atoms with Gasteiger partial charge in [-0.15, -0.1) is 0 Å². The van der Waals surface area contributed by atoms with Crippen molar-refractivity contribution in [3.8, 4) is 0 Å². The second kappa shape index (κ2) is 8.23. The molecule has 0 spiro atoms. The van der Waals surface area contributed by atoms with Crippen LogP contribution in [0.25, 0.3) is 0 Å². The van der Waals surface area contributed by atoms with Crippen LogP contribution in [0.3, 0.4) is 0 Å². The van der Waals surface area contributed by atoms with E-state index in [-0.39, 0.29) is 17.7 Å². The van der Waals surface area contributed by atoms with Gasteiger partial charge in [-0.05, 0) is 37.6 Å². The van der Waals surface area contributed by atoms with E-state index in [1.54, 1.807) is 66.4 Å². The lowest BCUT2D eigenvalue weighted by Crippen LogP contribution is -2.28. The Labute approximate surface area is 178 Å². The molecule has 1 aliphatic heterocycles. The van der Waals surface area contributed by atoms with Crippen molar-refractivity contribution in [2.45, 2.75) is 19.3 Å². The summed E-state index contributed by atoms with van der Waals surface area (Å²) >= 11 is 5.87. The third-order valence-electron chi connectivity index (χ3n) is 5.14. The highest BCUT2D eigenvalue weighted by Crippen LogP contribution is 2.26. The minimum Gasteiger partial charge on any atom is -0.338 e. The Morgan fingerprint density at radius 1 is 1.20 bits per heavy atom. The van der Waals surface area contributed by atoms with Gasteiger partial charge >= 0.3 is 0 Å². The molecule has 9 heteroatoms. The molecule has 1 atom stereocenters. The molecule has 8 nitrogen and oxygen atoms in total. The van der Waals surface area contributed by atoms with Gasteiger partial charge in [0.1, 0.15) is 5.82 Å². The third-order valence-corrected chi connectivity index (χ3v) is 5.39. The number of rotatable bonds is 4. The van der Waals surface area contributed by atoms with Crippen LogP contribution in [0.15, 0.2) is 42.9 Å². The number of aromatic nitrogens is 4. The van der Waals surface area contributed by atoms with Gasteiger partial charge in [0.15, 0.2) is 0 Å². The van der Waals surface area contributed by atoms with E-state index >= 15 is 0 Å². The van der Waals surface area contributed by atoms with Crippen LogP contribution in [0, 0.1) is 6.92 Å². The molecule has 3 aromatic rings. The summed E-state index contributed by atoms with van der Waals surface area (Å²) in [6.07, 6.45) is 5.62. The molecule has 1 N–H and O–H groups in total. The van der Waals surface area contributed by atoms with Gasteiger partial charge in [0.05, 0.1) is 23.0 Å². The number of carbonyl (C=O) groups is 2. The Morgan fingerprint density at radius 2 is 1.97 bits per heavy atom. The van der Waals surface area contributed by atoms with E-state index in [4.69, 9.17) is 11.6 Å². The molecule has 30 heavy (non-hydrogen) atoms. The van der Waals surface area contributed by atoms with E-state index in [1.807, 2.05) is 0 Å². The number of likely N-dealkylation sites (tertiary alicyclic amines) is 1. The Bertz CT molecular complexity index is 1100. The predicted octanol–water partition coefficient (Wildman–Crippen LogP) is 3.05. The van der Waals surface area contributed by atoms with Crippen molar-refractivity contribution in [1.29, 1.82) is 0 Å². The smallest absolute Gasteiger partial charge is 0.259 e. The first kappa shape index (κ1) is 20.0. The van der Waals surface area contributed by atoms with E-state index in [0.29, 0.717) is 46.4 Å². The molecule has 1 fully saturated rings. The molecule has 1 saturated heterocycles. The minimum atomic E-state index is -0.277. The van der Waals surface area contributed by atoms with Crippen LogP contribution in [0.1, 0.15) is 44.6 Å². The highest BCUT2D eigenvalue weighted by Gasteiger charge is 2.30. The van der Waals surface area contributed by atoms with Crippen LogP contribution in [0.2, 0.25) is 5.02 Å². The zero-order chi connectivity index (χ0) is 21.3. The molecule has 2 amide bonds. The zero-order valence-electron chi connectivity index (χ0n) is 16.7. The van der Waals surface area contributed by atoms with E-state index in [1.165, 1.54) is 0 Å². The molecule has 2 aromatic heterocycles. The van der Waals surface area contributed by atoms with E-state index < -0.39 is 0 Å². The van der Waals surface area contributed by atoms with Crippen molar-refractivity contribution >= 4 is 29.1 Å². The van der Waals surface area contributed by atoms with Gasteiger partial charge in [0.25, 0.3) is 11.8 Å². The summed E-state index contributed by atoms with van der Waals surface area (Å²) in [5.41, 5.74) is 2.23. The van der Waals surface area contributed by atoms with Crippen molar-refractivity contribution in [1.82, 2.24) is 24.6 Å². The topological polar surface area (TPSA) is 93.0 Å². The molecule has 1 aliphatic rings. The Hall–Kier alpha value is -3.26. The first-order chi connectivity index (χ1) is 14.4. The normalized spacial score (nSPS) is 16.0. The minimum absolute atomic E-state index is 0.0395. The molecular formula is C21H21ClN6O2. The summed E-state index contributed by atoms with van der Waals surface area (Å²) in [5.74, 6) is 0.372. The van der Waals surface area contributed by atoms with Crippen LogP contribution in [-0.4, -0.2) is 49.6 Å². The fraction of sp³-hybridized carbons (Fsp3) is 0.286. The number of nitrogens with one attached hydrogen (secondary N) is 1. The van der Waals surface area contributed by atoms with Crippen LogP contribution in [-0.2, 0) is 7.05 Å². The number of halogens is 1. The molecule has 0 bridgehead atoms. The predicted molar refractivity (Wildman–Crippen MR) is 113 cm³/mol. The molecule has 4 rings (SSSR count). The number of amides is 2. The second-order valence-electron chi connectivity index (χ2n) is 7.33. The van der Waals surface area contributed by atoms with Crippen LogP contribution >= 0.6 is 11.6 Å². The van der Waals surface area contributed by atoms with Gasteiger partial charge in [-0.1, -0.05) is 11.6 Å². The lowest BCUT2D eigenvalue weighted by atomic mass is 10.1. The summed E-state index contributed by atoms with van der Waals surface area (Å²) in [4.78, 5) is 36.0. The van der Waals surface area contributed by atoms with Gasteiger partial charge in [-0.25, -0.2) is 9.97 Å². The standard InChI is InChI=1S/C21H21ClN6O2/c1-13-18(20(29)26-17-5-3-16(22)4-6-17)10-23-19(25-13)14-7-8-28(12-14)21(30)15-9-24-27(2)11-15/h3-6,9-11,14H,7-8,12H2,1-2H3,(H,26,29)/t14-/m1/s1. The fourth-order valence-corrected chi connectivity index (χ4v) is 3.63. The van der Waals surface area contributed by atoms with Gasteiger partial charge < -0.3 is 10.2 Å². The van der Waals surface area contributed by atoms with Gasteiger partial charge in [-0.3, -0.25) is 14.3 Å². The van der Waals surface area contributed by atoms with Crippen molar-refractivity contribution < 1.29 is 9.59 Å². The lowest BCUT2D eigenvalue weighted by molar-refractivity contribution is 0.0790. The molecule has 0 saturated carbocycles.